The Hall–Kier alpha value is 0.194. The van der Waals surface area contributed by atoms with Gasteiger partial charge in [-0.25, -0.2) is 12.2 Å². The summed E-state index contributed by atoms with van der Waals surface area (Å²) in [6.45, 7) is 6.25. The summed E-state index contributed by atoms with van der Waals surface area (Å²) in [5.41, 5.74) is 0. The molecule has 1 aliphatic rings. The van der Waals surface area contributed by atoms with Gasteiger partial charge in [0, 0.05) is 0 Å². The van der Waals surface area contributed by atoms with E-state index in [1.165, 1.54) is 5.92 Å². The van der Waals surface area contributed by atoms with Crippen molar-refractivity contribution in [2.24, 2.45) is 0 Å². The number of hydrogen-bond acceptors (Lipinski definition) is 0. The van der Waals surface area contributed by atoms with Crippen LogP contribution in [0, 0.1) is 12.0 Å². The van der Waals surface area contributed by atoms with E-state index in [1.54, 1.807) is 0 Å². The molecule has 0 radical (unpaired) electrons. The molecule has 0 spiro atoms. The molecule has 0 amide bonds. The summed E-state index contributed by atoms with van der Waals surface area (Å²) < 4.78 is 0. The molecule has 0 heterocycles. The Bertz CT molecular complexity index is 88.5. The van der Waals surface area contributed by atoms with Crippen LogP contribution in [0.5, 0.6) is 0 Å². The van der Waals surface area contributed by atoms with Crippen molar-refractivity contribution in [3.8, 4) is 0 Å². The molecule has 0 aromatic rings. The predicted molar refractivity (Wildman–Crippen MR) is 41.8 cm³/mol. The third-order valence-corrected chi connectivity index (χ3v) is 0.586. The molecular formula is C9H14Ti. The molecular weight excluding hydrogens is 156 g/mol. The van der Waals surface area contributed by atoms with Crippen molar-refractivity contribution >= 4 is 0 Å². The van der Waals surface area contributed by atoms with Crippen LogP contribution in [-0.4, -0.2) is 0 Å². The van der Waals surface area contributed by atoms with Crippen LogP contribution >= 0.6 is 0 Å². The van der Waals surface area contributed by atoms with Crippen LogP contribution in [-0.2, 0) is 21.7 Å². The van der Waals surface area contributed by atoms with Gasteiger partial charge in [0.25, 0.3) is 0 Å². The van der Waals surface area contributed by atoms with Gasteiger partial charge in [-0.2, -0.15) is 26.8 Å². The minimum atomic E-state index is 0. The summed E-state index contributed by atoms with van der Waals surface area (Å²) in [5.74, 6) is 1.42. The largest absolute Gasteiger partial charge is 2.00 e. The monoisotopic (exact) mass is 170 g/mol. The summed E-state index contributed by atoms with van der Waals surface area (Å²) >= 11 is 0. The number of hydrogen-bond donors (Lipinski definition) is 0. The van der Waals surface area contributed by atoms with Gasteiger partial charge >= 0.3 is 21.7 Å². The molecule has 1 rings (SSSR count). The van der Waals surface area contributed by atoms with Crippen LogP contribution in [0.3, 0.4) is 0 Å². The Morgan fingerprint density at radius 2 is 1.80 bits per heavy atom. The maximum Gasteiger partial charge on any atom is 2.00 e. The molecule has 54 valence electrons. The molecule has 0 bridgehead atoms. The first-order valence-electron chi connectivity index (χ1n) is 3.22. The molecule has 1 aliphatic carbocycles. The van der Waals surface area contributed by atoms with E-state index in [0.29, 0.717) is 0 Å². The zero-order chi connectivity index (χ0) is 7.11. The Morgan fingerprint density at radius 3 is 1.90 bits per heavy atom. The maximum atomic E-state index is 2.99. The van der Waals surface area contributed by atoms with Crippen LogP contribution in [0.25, 0.3) is 0 Å². The minimum Gasteiger partial charge on any atom is -0.323 e. The van der Waals surface area contributed by atoms with Gasteiger partial charge in [0.2, 0.25) is 0 Å². The zero-order valence-corrected chi connectivity index (χ0v) is 8.50. The second-order valence-corrected chi connectivity index (χ2v) is 2.50. The molecule has 0 atom stereocenters. The molecule has 0 aromatic heterocycles. The van der Waals surface area contributed by atoms with Crippen LogP contribution in [0.4, 0.5) is 0 Å². The molecule has 0 nitrogen and oxygen atoms in total. The number of rotatable bonds is 0. The summed E-state index contributed by atoms with van der Waals surface area (Å²) in [5, 5.41) is 0. The molecule has 0 N–H and O–H groups in total. The molecule has 0 unspecified atom stereocenters. The quantitative estimate of drug-likeness (QED) is 0.387. The fraction of sp³-hybridized carbons (Fsp3) is 0.444. The van der Waals surface area contributed by atoms with Gasteiger partial charge in [-0.1, -0.05) is 0 Å². The van der Waals surface area contributed by atoms with Crippen molar-refractivity contribution in [3.63, 3.8) is 0 Å². The normalized spacial score (nSPS) is 12.4. The molecule has 0 aromatic carbocycles. The van der Waals surface area contributed by atoms with Crippen LogP contribution < -0.4 is 0 Å². The summed E-state index contributed by atoms with van der Waals surface area (Å²) in [4.78, 5) is 0. The predicted octanol–water partition coefficient (Wildman–Crippen LogP) is 2.92. The first kappa shape index (κ1) is 12.8. The van der Waals surface area contributed by atoms with Crippen molar-refractivity contribution in [1.82, 2.24) is 0 Å². The number of allylic oxidation sites excluding steroid dienone is 4. The molecule has 0 saturated heterocycles. The second-order valence-electron chi connectivity index (χ2n) is 2.50. The Labute approximate surface area is 79.3 Å². The average Bonchev–Trinajstić information content (AvgIpc) is 2.11. The van der Waals surface area contributed by atoms with Crippen molar-refractivity contribution in [2.45, 2.75) is 27.2 Å². The molecule has 0 saturated carbocycles. The Morgan fingerprint density at radius 1 is 1.30 bits per heavy atom. The van der Waals surface area contributed by atoms with Crippen molar-refractivity contribution in [1.29, 1.82) is 0 Å². The van der Waals surface area contributed by atoms with Crippen molar-refractivity contribution < 1.29 is 21.7 Å². The van der Waals surface area contributed by atoms with Crippen molar-refractivity contribution in [3.05, 3.63) is 30.2 Å². The van der Waals surface area contributed by atoms with E-state index < -0.39 is 0 Å². The summed E-state index contributed by atoms with van der Waals surface area (Å²) in [7, 11) is 0. The Kier molecular flexibility index (Phi) is 11.8. The standard InChI is InChI=1S/C5H5.C4H9.Ti/c1-2-4-5-3-1;1-4(2)3;/h1-3H,4H2;1-3H3;/q2*-1;+2. The van der Waals surface area contributed by atoms with Gasteiger partial charge in [0.1, 0.15) is 0 Å². The minimum absolute atomic E-state index is 0. The molecule has 10 heavy (non-hydrogen) atoms. The van der Waals surface area contributed by atoms with Gasteiger partial charge in [0.15, 0.2) is 0 Å². The average molecular weight is 170 g/mol. The molecule has 1 heteroatoms. The van der Waals surface area contributed by atoms with Gasteiger partial charge in [0.05, 0.1) is 0 Å². The molecule has 0 fully saturated rings. The van der Waals surface area contributed by atoms with Crippen LogP contribution in [0.2, 0.25) is 0 Å². The van der Waals surface area contributed by atoms with Gasteiger partial charge in [-0.05, 0) is 0 Å². The van der Waals surface area contributed by atoms with E-state index in [0.717, 1.165) is 6.42 Å². The zero-order valence-electron chi connectivity index (χ0n) is 6.94. The van der Waals surface area contributed by atoms with Crippen LogP contribution in [0.15, 0.2) is 18.2 Å². The van der Waals surface area contributed by atoms with E-state index in [4.69, 9.17) is 0 Å². The fourth-order valence-corrected chi connectivity index (χ4v) is 0.340. The fourth-order valence-electron chi connectivity index (χ4n) is 0.340. The van der Waals surface area contributed by atoms with Crippen molar-refractivity contribution in [2.75, 3.05) is 0 Å². The summed E-state index contributed by atoms with van der Waals surface area (Å²) in [6, 6.07) is 0. The second kappa shape index (κ2) is 9.19. The third-order valence-electron chi connectivity index (χ3n) is 0.586. The SMILES string of the molecule is C[C-](C)C.[C-]1=CC=CC1.[Ti+2]. The first-order chi connectivity index (χ1) is 4.23. The first-order valence-corrected chi connectivity index (χ1v) is 3.22. The van der Waals surface area contributed by atoms with E-state index in [9.17, 15) is 0 Å². The Balaban J connectivity index is 0. The summed E-state index contributed by atoms with van der Waals surface area (Å²) in [6.07, 6.45) is 10.0. The van der Waals surface area contributed by atoms with E-state index in [2.05, 4.69) is 32.9 Å². The van der Waals surface area contributed by atoms with E-state index in [-0.39, 0.29) is 21.7 Å². The third kappa shape index (κ3) is 15.7. The van der Waals surface area contributed by atoms with E-state index in [1.807, 2.05) is 12.2 Å². The van der Waals surface area contributed by atoms with Gasteiger partial charge in [-0.15, -0.1) is 6.42 Å². The van der Waals surface area contributed by atoms with Gasteiger partial charge in [-0.3, -0.25) is 6.08 Å². The van der Waals surface area contributed by atoms with Gasteiger partial charge < -0.3 is 5.92 Å². The van der Waals surface area contributed by atoms with Crippen LogP contribution in [0.1, 0.15) is 27.2 Å². The smallest absolute Gasteiger partial charge is 0.323 e. The maximum absolute atomic E-state index is 2.99. The van der Waals surface area contributed by atoms with E-state index >= 15 is 0 Å². The molecule has 0 aliphatic heterocycles. The topological polar surface area (TPSA) is 0 Å².